The molecule has 2 aliphatic rings. The summed E-state index contributed by atoms with van der Waals surface area (Å²) in [5.41, 5.74) is 3.23. The number of ether oxygens (including phenoxy) is 2. The number of pyridine rings is 1. The van der Waals surface area contributed by atoms with Gasteiger partial charge >= 0.3 is 5.97 Å². The molecule has 0 bridgehead atoms. The van der Waals surface area contributed by atoms with Gasteiger partial charge < -0.3 is 19.5 Å². The number of benzene rings is 2. The minimum absolute atomic E-state index is 0.0864. The van der Waals surface area contributed by atoms with E-state index in [2.05, 4.69) is 39.0 Å². The van der Waals surface area contributed by atoms with E-state index in [0.717, 1.165) is 74.9 Å². The molecule has 0 amide bonds. The number of aryl methyl sites for hydroxylation is 1. The maximum absolute atomic E-state index is 16.5. The summed E-state index contributed by atoms with van der Waals surface area (Å²) in [6, 6.07) is 16.1. The van der Waals surface area contributed by atoms with Gasteiger partial charge in [0.25, 0.3) is 0 Å². The second kappa shape index (κ2) is 14.4. The Kier molecular flexibility index (Phi) is 10.4. The molecule has 0 radical (unpaired) electrons. The Morgan fingerprint density at radius 2 is 1.86 bits per heavy atom. The number of halogens is 1. The summed E-state index contributed by atoms with van der Waals surface area (Å²) in [6.45, 7) is 6.27. The number of carbonyl (C=O) groups is 1. The average molecular weight is 578 g/mol. The fourth-order valence-corrected chi connectivity index (χ4v) is 6.67. The van der Waals surface area contributed by atoms with Gasteiger partial charge in [0.2, 0.25) is 0 Å². The third-order valence-corrected chi connectivity index (χ3v) is 9.16. The van der Waals surface area contributed by atoms with E-state index in [9.17, 15) is 9.90 Å². The van der Waals surface area contributed by atoms with Crippen LogP contribution in [-0.4, -0.2) is 78.9 Å². The minimum atomic E-state index is -1.23. The van der Waals surface area contributed by atoms with Gasteiger partial charge in [-0.25, -0.2) is 4.39 Å². The number of aromatic nitrogens is 1. The standard InChI is InChI=1S/C34H44FN3O4/c1-41-28-9-10-31-29(22-28)33(27(24-36-31)25-38-18-20-42-21-19-38)30(35)11-12-34(23-32(39)40)13-16-37(17-14-34)15-5-8-26-6-3-2-4-7-26/h2-4,6-7,9-10,22,24,30H,5,8,11-21,23,25H2,1H3,(H,39,40)/t30-/m0/s1. The molecule has 2 aliphatic heterocycles. The first-order valence-corrected chi connectivity index (χ1v) is 15.3. The largest absolute Gasteiger partial charge is 0.497 e. The van der Waals surface area contributed by atoms with E-state index in [0.29, 0.717) is 37.5 Å². The summed E-state index contributed by atoms with van der Waals surface area (Å²) in [5, 5.41) is 10.6. The van der Waals surface area contributed by atoms with Crippen LogP contribution < -0.4 is 4.74 Å². The number of hydrogen-bond acceptors (Lipinski definition) is 6. The van der Waals surface area contributed by atoms with Crippen molar-refractivity contribution in [3.63, 3.8) is 0 Å². The van der Waals surface area contributed by atoms with Crippen LogP contribution in [0.5, 0.6) is 5.75 Å². The zero-order valence-corrected chi connectivity index (χ0v) is 24.8. The number of likely N-dealkylation sites (tertiary alicyclic amines) is 1. The molecule has 5 rings (SSSR count). The minimum Gasteiger partial charge on any atom is -0.497 e. The van der Waals surface area contributed by atoms with Crippen molar-refractivity contribution >= 4 is 16.9 Å². The van der Waals surface area contributed by atoms with Gasteiger partial charge in [-0.05, 0) is 92.9 Å². The van der Waals surface area contributed by atoms with Crippen LogP contribution in [-0.2, 0) is 22.5 Å². The number of rotatable bonds is 13. The van der Waals surface area contributed by atoms with Gasteiger partial charge in [-0.1, -0.05) is 30.3 Å². The van der Waals surface area contributed by atoms with Crippen molar-refractivity contribution < 1.29 is 23.8 Å². The molecule has 8 heteroatoms. The molecule has 3 heterocycles. The predicted molar refractivity (Wildman–Crippen MR) is 163 cm³/mol. The first kappa shape index (κ1) is 30.4. The number of hydrogen-bond donors (Lipinski definition) is 1. The Morgan fingerprint density at radius 1 is 1.10 bits per heavy atom. The van der Waals surface area contributed by atoms with Crippen molar-refractivity contribution in [1.29, 1.82) is 0 Å². The summed E-state index contributed by atoms with van der Waals surface area (Å²) in [5.74, 6) is -0.127. The molecule has 2 saturated heterocycles. The Hall–Kier alpha value is -3.07. The highest BCUT2D eigenvalue weighted by molar-refractivity contribution is 5.85. The SMILES string of the molecule is COc1ccc2ncc(CN3CCOCC3)c([C@@H](F)CCC3(CC(=O)O)CCN(CCCc4ccccc4)CC3)c2c1. The molecule has 0 spiro atoms. The lowest BCUT2D eigenvalue weighted by atomic mass is 9.71. The van der Waals surface area contributed by atoms with E-state index in [4.69, 9.17) is 9.47 Å². The van der Waals surface area contributed by atoms with Crippen molar-refractivity contribution in [1.82, 2.24) is 14.8 Å². The molecule has 0 aliphatic carbocycles. The molecule has 226 valence electrons. The summed E-state index contributed by atoms with van der Waals surface area (Å²) in [6.07, 6.45) is 5.18. The molecule has 0 unspecified atom stereocenters. The van der Waals surface area contributed by atoms with E-state index in [1.165, 1.54) is 5.56 Å². The van der Waals surface area contributed by atoms with Crippen LogP contribution in [0.15, 0.2) is 54.7 Å². The molecule has 3 aromatic rings. The molecule has 2 fully saturated rings. The number of carboxylic acids is 1. The number of methoxy groups -OCH3 is 1. The van der Waals surface area contributed by atoms with Crippen LogP contribution in [0.4, 0.5) is 4.39 Å². The normalized spacial score (nSPS) is 18.6. The second-order valence-corrected chi connectivity index (χ2v) is 12.0. The van der Waals surface area contributed by atoms with Gasteiger partial charge in [0.1, 0.15) is 11.9 Å². The van der Waals surface area contributed by atoms with Gasteiger partial charge in [-0.3, -0.25) is 14.7 Å². The number of nitrogens with zero attached hydrogens (tertiary/aromatic N) is 3. The highest BCUT2D eigenvalue weighted by Crippen LogP contribution is 2.43. The van der Waals surface area contributed by atoms with Gasteiger partial charge in [0.05, 0.1) is 32.3 Å². The Bertz CT molecular complexity index is 1310. The number of fused-ring (bicyclic) bond motifs is 1. The molecule has 1 N–H and O–H groups in total. The molecule has 42 heavy (non-hydrogen) atoms. The van der Waals surface area contributed by atoms with Gasteiger partial charge in [0.15, 0.2) is 0 Å². The molecule has 2 aromatic carbocycles. The van der Waals surface area contributed by atoms with Crippen molar-refractivity contribution in [2.75, 3.05) is 53.0 Å². The number of alkyl halides is 1. The fraction of sp³-hybridized carbons (Fsp3) is 0.529. The quantitative estimate of drug-likeness (QED) is 0.265. The average Bonchev–Trinajstić information content (AvgIpc) is 3.01. The number of piperidine rings is 1. The Morgan fingerprint density at radius 3 is 2.57 bits per heavy atom. The number of morpholine rings is 1. The summed E-state index contributed by atoms with van der Waals surface area (Å²) in [7, 11) is 1.61. The third kappa shape index (κ3) is 7.85. The molecule has 1 aromatic heterocycles. The summed E-state index contributed by atoms with van der Waals surface area (Å²) < 4.78 is 27.5. The highest BCUT2D eigenvalue weighted by atomic mass is 19.1. The summed E-state index contributed by atoms with van der Waals surface area (Å²) in [4.78, 5) is 21.4. The molecule has 0 saturated carbocycles. The van der Waals surface area contributed by atoms with Crippen molar-refractivity contribution in [2.45, 2.75) is 57.7 Å². The Balaban J connectivity index is 1.28. The van der Waals surface area contributed by atoms with Crippen molar-refractivity contribution in [3.8, 4) is 5.75 Å². The number of aliphatic carboxylic acids is 1. The monoisotopic (exact) mass is 577 g/mol. The van der Waals surface area contributed by atoms with Crippen LogP contribution in [0.25, 0.3) is 10.9 Å². The maximum atomic E-state index is 16.5. The molecular weight excluding hydrogens is 533 g/mol. The topological polar surface area (TPSA) is 75.1 Å². The van der Waals surface area contributed by atoms with E-state index >= 15 is 4.39 Å². The van der Waals surface area contributed by atoms with Crippen molar-refractivity contribution in [2.24, 2.45) is 5.41 Å². The van der Waals surface area contributed by atoms with E-state index in [-0.39, 0.29) is 12.8 Å². The number of carboxylic acid groups (broad SMARTS) is 1. The van der Waals surface area contributed by atoms with E-state index in [1.54, 1.807) is 7.11 Å². The van der Waals surface area contributed by atoms with Crippen LogP contribution >= 0.6 is 0 Å². The maximum Gasteiger partial charge on any atom is 0.303 e. The predicted octanol–water partition coefficient (Wildman–Crippen LogP) is 6.06. The smallest absolute Gasteiger partial charge is 0.303 e. The third-order valence-electron chi connectivity index (χ3n) is 9.16. The van der Waals surface area contributed by atoms with Crippen LogP contribution in [0.1, 0.15) is 61.4 Å². The first-order valence-electron chi connectivity index (χ1n) is 15.3. The second-order valence-electron chi connectivity index (χ2n) is 12.0. The molecular formula is C34H44FN3O4. The highest BCUT2D eigenvalue weighted by Gasteiger charge is 2.37. The van der Waals surface area contributed by atoms with Crippen LogP contribution in [0.2, 0.25) is 0 Å². The lowest BCUT2D eigenvalue weighted by molar-refractivity contribution is -0.141. The lowest BCUT2D eigenvalue weighted by Crippen LogP contribution is -2.41. The summed E-state index contributed by atoms with van der Waals surface area (Å²) >= 11 is 0. The molecule has 7 nitrogen and oxygen atoms in total. The van der Waals surface area contributed by atoms with Crippen LogP contribution in [0.3, 0.4) is 0 Å². The fourth-order valence-electron chi connectivity index (χ4n) is 6.67. The Labute approximate surface area is 248 Å². The van der Waals surface area contributed by atoms with Crippen LogP contribution in [0, 0.1) is 5.41 Å². The van der Waals surface area contributed by atoms with Crippen molar-refractivity contribution in [3.05, 3.63) is 71.4 Å². The molecule has 1 atom stereocenters. The van der Waals surface area contributed by atoms with E-state index in [1.807, 2.05) is 30.5 Å². The lowest BCUT2D eigenvalue weighted by Gasteiger charge is -2.41. The first-order chi connectivity index (χ1) is 20.4. The zero-order chi connectivity index (χ0) is 29.4. The zero-order valence-electron chi connectivity index (χ0n) is 24.8. The van der Waals surface area contributed by atoms with E-state index < -0.39 is 17.6 Å². The van der Waals surface area contributed by atoms with Gasteiger partial charge in [-0.2, -0.15) is 0 Å². The van der Waals surface area contributed by atoms with Gasteiger partial charge in [0, 0.05) is 36.8 Å². The van der Waals surface area contributed by atoms with Gasteiger partial charge in [-0.15, -0.1) is 0 Å².